The van der Waals surface area contributed by atoms with Crippen LogP contribution in [0.3, 0.4) is 0 Å². The molecule has 88 valence electrons. The highest BCUT2D eigenvalue weighted by molar-refractivity contribution is 5.91. The second-order valence-electron chi connectivity index (χ2n) is 4.91. The van der Waals surface area contributed by atoms with Gasteiger partial charge in [0.25, 0.3) is 0 Å². The third kappa shape index (κ3) is 2.26. The molecular weight excluding hydrogens is 208 g/mol. The predicted octanol–water partition coefficient (Wildman–Crippen LogP) is 3.84. The van der Waals surface area contributed by atoms with Crippen molar-refractivity contribution in [2.75, 3.05) is 11.9 Å². The molecule has 0 spiro atoms. The van der Waals surface area contributed by atoms with Gasteiger partial charge >= 0.3 is 0 Å². The van der Waals surface area contributed by atoms with Gasteiger partial charge < -0.3 is 5.32 Å². The SMILES string of the molecule is c1ccc2c(NCC3CCCC3)nccc2c1. The van der Waals surface area contributed by atoms with E-state index < -0.39 is 0 Å². The van der Waals surface area contributed by atoms with E-state index in [0.29, 0.717) is 0 Å². The molecule has 1 aliphatic carbocycles. The second-order valence-corrected chi connectivity index (χ2v) is 4.91. The largest absolute Gasteiger partial charge is 0.369 e. The van der Waals surface area contributed by atoms with Crippen LogP contribution >= 0.6 is 0 Å². The molecule has 1 aromatic carbocycles. The average Bonchev–Trinajstić information content (AvgIpc) is 2.89. The van der Waals surface area contributed by atoms with Crippen molar-refractivity contribution in [3.63, 3.8) is 0 Å². The van der Waals surface area contributed by atoms with E-state index in [0.717, 1.165) is 18.3 Å². The fraction of sp³-hybridized carbons (Fsp3) is 0.400. The van der Waals surface area contributed by atoms with Crippen LogP contribution in [0, 0.1) is 5.92 Å². The molecule has 1 heterocycles. The van der Waals surface area contributed by atoms with Gasteiger partial charge in [-0.05, 0) is 30.2 Å². The van der Waals surface area contributed by atoms with Crippen molar-refractivity contribution in [1.29, 1.82) is 0 Å². The predicted molar refractivity (Wildman–Crippen MR) is 72.2 cm³/mol. The molecule has 1 N–H and O–H groups in total. The van der Waals surface area contributed by atoms with Crippen LogP contribution in [0.4, 0.5) is 5.82 Å². The summed E-state index contributed by atoms with van der Waals surface area (Å²) in [5, 5.41) is 6.01. The van der Waals surface area contributed by atoms with Crippen LogP contribution in [0.5, 0.6) is 0 Å². The molecular formula is C15H18N2. The van der Waals surface area contributed by atoms with Crippen LogP contribution in [-0.2, 0) is 0 Å². The summed E-state index contributed by atoms with van der Waals surface area (Å²) < 4.78 is 0. The minimum Gasteiger partial charge on any atom is -0.369 e. The van der Waals surface area contributed by atoms with Gasteiger partial charge in [-0.3, -0.25) is 0 Å². The molecule has 0 unspecified atom stereocenters. The summed E-state index contributed by atoms with van der Waals surface area (Å²) >= 11 is 0. The molecule has 1 fully saturated rings. The van der Waals surface area contributed by atoms with E-state index in [1.807, 2.05) is 6.20 Å². The van der Waals surface area contributed by atoms with Gasteiger partial charge in [-0.2, -0.15) is 0 Å². The van der Waals surface area contributed by atoms with Crippen LogP contribution < -0.4 is 5.32 Å². The molecule has 1 aliphatic rings. The lowest BCUT2D eigenvalue weighted by Gasteiger charge is -2.12. The molecule has 3 rings (SSSR count). The van der Waals surface area contributed by atoms with E-state index in [1.54, 1.807) is 0 Å². The molecule has 0 radical (unpaired) electrons. The van der Waals surface area contributed by atoms with Gasteiger partial charge in [-0.25, -0.2) is 4.98 Å². The number of benzene rings is 1. The molecule has 0 bridgehead atoms. The lowest BCUT2D eigenvalue weighted by Crippen LogP contribution is -2.12. The zero-order valence-electron chi connectivity index (χ0n) is 10.0. The lowest BCUT2D eigenvalue weighted by molar-refractivity contribution is 0.579. The highest BCUT2D eigenvalue weighted by Crippen LogP contribution is 2.26. The normalized spacial score (nSPS) is 16.5. The minimum absolute atomic E-state index is 0.843. The molecule has 2 heteroatoms. The molecule has 2 aromatic rings. The molecule has 0 amide bonds. The Labute approximate surface area is 102 Å². The van der Waals surface area contributed by atoms with Gasteiger partial charge in [0.05, 0.1) is 0 Å². The highest BCUT2D eigenvalue weighted by Gasteiger charge is 2.14. The maximum absolute atomic E-state index is 4.46. The number of pyridine rings is 1. The zero-order chi connectivity index (χ0) is 11.5. The number of nitrogens with zero attached hydrogens (tertiary/aromatic N) is 1. The number of hydrogen-bond donors (Lipinski definition) is 1. The Morgan fingerprint density at radius 1 is 1.12 bits per heavy atom. The number of hydrogen-bond acceptors (Lipinski definition) is 2. The summed E-state index contributed by atoms with van der Waals surface area (Å²) in [7, 11) is 0. The standard InChI is InChI=1S/C15H18N2/c1-2-6-12(5-1)11-17-15-14-8-4-3-7-13(14)9-10-16-15/h3-4,7-10,12H,1-2,5-6,11H2,(H,16,17). The topological polar surface area (TPSA) is 24.9 Å². The van der Waals surface area contributed by atoms with Gasteiger partial charge in [0, 0.05) is 18.1 Å². The van der Waals surface area contributed by atoms with E-state index in [2.05, 4.69) is 40.6 Å². The summed E-state index contributed by atoms with van der Waals surface area (Å²) in [6.07, 6.45) is 7.43. The molecule has 2 nitrogen and oxygen atoms in total. The summed E-state index contributed by atoms with van der Waals surface area (Å²) in [6.45, 7) is 1.07. The van der Waals surface area contributed by atoms with Gasteiger partial charge in [-0.1, -0.05) is 37.1 Å². The van der Waals surface area contributed by atoms with Crippen molar-refractivity contribution in [2.45, 2.75) is 25.7 Å². The highest BCUT2D eigenvalue weighted by atomic mass is 15.0. The van der Waals surface area contributed by atoms with Crippen LogP contribution in [-0.4, -0.2) is 11.5 Å². The number of nitrogens with one attached hydrogen (secondary N) is 1. The Morgan fingerprint density at radius 3 is 2.82 bits per heavy atom. The second kappa shape index (κ2) is 4.74. The molecule has 1 aromatic heterocycles. The Hall–Kier alpha value is -1.57. The van der Waals surface area contributed by atoms with Crippen molar-refractivity contribution < 1.29 is 0 Å². The minimum atomic E-state index is 0.843. The molecule has 0 saturated heterocycles. The smallest absolute Gasteiger partial charge is 0.133 e. The monoisotopic (exact) mass is 226 g/mol. The van der Waals surface area contributed by atoms with Crippen molar-refractivity contribution >= 4 is 16.6 Å². The van der Waals surface area contributed by atoms with E-state index in [4.69, 9.17) is 0 Å². The quantitative estimate of drug-likeness (QED) is 0.860. The first kappa shape index (κ1) is 10.6. The Kier molecular flexibility index (Phi) is 2.95. The first-order valence-corrected chi connectivity index (χ1v) is 6.51. The summed E-state index contributed by atoms with van der Waals surface area (Å²) in [5.41, 5.74) is 0. The summed E-state index contributed by atoms with van der Waals surface area (Å²) in [4.78, 5) is 4.46. The maximum atomic E-state index is 4.46. The van der Waals surface area contributed by atoms with Crippen LogP contribution in [0.2, 0.25) is 0 Å². The van der Waals surface area contributed by atoms with E-state index >= 15 is 0 Å². The zero-order valence-corrected chi connectivity index (χ0v) is 10.0. The molecule has 17 heavy (non-hydrogen) atoms. The number of fused-ring (bicyclic) bond motifs is 1. The molecule has 1 saturated carbocycles. The molecule has 0 atom stereocenters. The molecule has 0 aliphatic heterocycles. The third-order valence-corrected chi connectivity index (χ3v) is 3.71. The van der Waals surface area contributed by atoms with E-state index in [-0.39, 0.29) is 0 Å². The van der Waals surface area contributed by atoms with Crippen LogP contribution in [0.1, 0.15) is 25.7 Å². The third-order valence-electron chi connectivity index (χ3n) is 3.71. The number of anilines is 1. The van der Waals surface area contributed by atoms with Crippen LogP contribution in [0.25, 0.3) is 10.8 Å². The maximum Gasteiger partial charge on any atom is 0.133 e. The summed E-state index contributed by atoms with van der Waals surface area (Å²) in [6, 6.07) is 10.5. The van der Waals surface area contributed by atoms with Gasteiger partial charge in [0.2, 0.25) is 0 Å². The Morgan fingerprint density at radius 2 is 1.94 bits per heavy atom. The Balaban J connectivity index is 1.79. The van der Waals surface area contributed by atoms with Crippen molar-refractivity contribution in [2.24, 2.45) is 5.92 Å². The first-order valence-electron chi connectivity index (χ1n) is 6.51. The fourth-order valence-electron chi connectivity index (χ4n) is 2.72. The average molecular weight is 226 g/mol. The fourth-order valence-corrected chi connectivity index (χ4v) is 2.72. The van der Waals surface area contributed by atoms with Gasteiger partial charge in [-0.15, -0.1) is 0 Å². The van der Waals surface area contributed by atoms with E-state index in [9.17, 15) is 0 Å². The van der Waals surface area contributed by atoms with Gasteiger partial charge in [0.15, 0.2) is 0 Å². The van der Waals surface area contributed by atoms with Crippen molar-refractivity contribution in [3.8, 4) is 0 Å². The van der Waals surface area contributed by atoms with Crippen molar-refractivity contribution in [3.05, 3.63) is 36.5 Å². The lowest BCUT2D eigenvalue weighted by atomic mass is 10.1. The van der Waals surface area contributed by atoms with Gasteiger partial charge in [0.1, 0.15) is 5.82 Å². The number of rotatable bonds is 3. The van der Waals surface area contributed by atoms with E-state index in [1.165, 1.54) is 36.5 Å². The first-order chi connectivity index (χ1) is 8.43. The Bertz CT molecular complexity index is 496. The van der Waals surface area contributed by atoms with Crippen LogP contribution in [0.15, 0.2) is 36.5 Å². The van der Waals surface area contributed by atoms with Crippen molar-refractivity contribution in [1.82, 2.24) is 4.98 Å². The number of aromatic nitrogens is 1. The summed E-state index contributed by atoms with van der Waals surface area (Å²) in [5.74, 6) is 1.88.